The molecule has 0 saturated carbocycles. The second-order valence-corrected chi connectivity index (χ2v) is 8.58. The summed E-state index contributed by atoms with van der Waals surface area (Å²) in [6.07, 6.45) is 0. The normalized spacial score (nSPS) is 11.5. The highest BCUT2D eigenvalue weighted by molar-refractivity contribution is 7.89. The van der Waals surface area contributed by atoms with Gasteiger partial charge in [-0.3, -0.25) is 10.1 Å². The Morgan fingerprint density at radius 3 is 2.47 bits per heavy atom. The van der Waals surface area contributed by atoms with Crippen molar-refractivity contribution in [1.29, 1.82) is 0 Å². The van der Waals surface area contributed by atoms with Gasteiger partial charge in [-0.25, -0.2) is 17.5 Å². The van der Waals surface area contributed by atoms with Crippen LogP contribution in [0.5, 0.6) is 5.75 Å². The second-order valence-electron chi connectivity index (χ2n) is 6.81. The average Bonchev–Trinajstić information content (AvgIpc) is 2.68. The maximum atomic E-state index is 13.6. The number of hydrogen-bond acceptors (Lipinski definition) is 7. The minimum Gasteiger partial charge on any atom is -0.489 e. The van der Waals surface area contributed by atoms with E-state index in [-0.39, 0.29) is 41.7 Å². The van der Waals surface area contributed by atoms with E-state index in [2.05, 4.69) is 4.72 Å². The van der Waals surface area contributed by atoms with Crippen LogP contribution in [-0.4, -0.2) is 65.6 Å². The van der Waals surface area contributed by atoms with Crippen molar-refractivity contribution in [3.63, 3.8) is 0 Å². The van der Waals surface area contributed by atoms with Gasteiger partial charge in [0.1, 0.15) is 12.3 Å². The Balaban J connectivity index is 2.12. The molecule has 0 fully saturated rings. The van der Waals surface area contributed by atoms with E-state index in [1.807, 2.05) is 4.90 Å². The summed E-state index contributed by atoms with van der Waals surface area (Å²) in [6.45, 7) is 0.978. The first-order chi connectivity index (χ1) is 14.1. The molecule has 0 bridgehead atoms. The largest absolute Gasteiger partial charge is 0.489 e. The standard InChI is InChI=1S/C19H25FN4O5S/c1-22(2)11-10-21-30(27,28)15-8-9-17(18(14-15)24(25)26)23(3)12-13-29-19-7-5-4-6-16(19)20/h4-9,14,21H,10-13H2,1-3H3. The predicted octanol–water partition coefficient (Wildman–Crippen LogP) is 2.09. The molecule has 30 heavy (non-hydrogen) atoms. The first-order valence-corrected chi connectivity index (χ1v) is 10.6. The van der Waals surface area contributed by atoms with E-state index < -0.39 is 20.8 Å². The lowest BCUT2D eigenvalue weighted by Crippen LogP contribution is -2.31. The minimum absolute atomic E-state index is 0.0841. The number of hydrogen-bond donors (Lipinski definition) is 1. The van der Waals surface area contributed by atoms with Crippen LogP contribution in [0.1, 0.15) is 0 Å². The summed E-state index contributed by atoms with van der Waals surface area (Å²) in [5.74, 6) is -0.409. The minimum atomic E-state index is -3.88. The van der Waals surface area contributed by atoms with Gasteiger partial charge in [-0.1, -0.05) is 12.1 Å². The fourth-order valence-electron chi connectivity index (χ4n) is 2.60. The zero-order chi connectivity index (χ0) is 22.3. The van der Waals surface area contributed by atoms with E-state index in [9.17, 15) is 22.9 Å². The molecule has 0 aliphatic rings. The van der Waals surface area contributed by atoms with Crippen LogP contribution in [0, 0.1) is 15.9 Å². The fourth-order valence-corrected chi connectivity index (χ4v) is 3.64. The molecule has 2 aromatic rings. The van der Waals surface area contributed by atoms with Gasteiger partial charge >= 0.3 is 0 Å². The van der Waals surface area contributed by atoms with Gasteiger partial charge < -0.3 is 14.5 Å². The molecule has 0 saturated heterocycles. The molecule has 0 heterocycles. The van der Waals surface area contributed by atoms with Gasteiger partial charge in [-0.05, 0) is 38.4 Å². The number of rotatable bonds is 11. The van der Waals surface area contributed by atoms with Crippen molar-refractivity contribution in [2.45, 2.75) is 4.90 Å². The number of nitro benzene ring substituents is 1. The van der Waals surface area contributed by atoms with Crippen molar-refractivity contribution in [2.24, 2.45) is 0 Å². The zero-order valence-corrected chi connectivity index (χ0v) is 17.9. The molecule has 2 rings (SSSR count). The van der Waals surface area contributed by atoms with Crippen LogP contribution in [0.2, 0.25) is 0 Å². The van der Waals surface area contributed by atoms with E-state index in [4.69, 9.17) is 4.74 Å². The Hall–Kier alpha value is -2.76. The van der Waals surface area contributed by atoms with Gasteiger partial charge in [-0.15, -0.1) is 0 Å². The van der Waals surface area contributed by atoms with Crippen LogP contribution in [-0.2, 0) is 10.0 Å². The number of nitrogens with zero attached hydrogens (tertiary/aromatic N) is 3. The van der Waals surface area contributed by atoms with Gasteiger partial charge in [0.2, 0.25) is 10.0 Å². The molecule has 1 N–H and O–H groups in total. The predicted molar refractivity (Wildman–Crippen MR) is 112 cm³/mol. The maximum absolute atomic E-state index is 13.6. The number of benzene rings is 2. The van der Waals surface area contributed by atoms with Gasteiger partial charge in [-0.2, -0.15) is 0 Å². The molecule has 11 heteroatoms. The summed E-state index contributed by atoms with van der Waals surface area (Å²) in [7, 11) is 1.34. The van der Waals surface area contributed by atoms with Gasteiger partial charge in [0.05, 0.1) is 16.4 Å². The number of anilines is 1. The Labute approximate surface area is 175 Å². The number of likely N-dealkylation sites (N-methyl/N-ethyl adjacent to an activating group) is 2. The Morgan fingerprint density at radius 2 is 1.83 bits per heavy atom. The highest BCUT2D eigenvalue weighted by Crippen LogP contribution is 2.30. The molecule has 0 spiro atoms. The molecule has 0 aliphatic heterocycles. The number of ether oxygens (including phenoxy) is 1. The first-order valence-electron chi connectivity index (χ1n) is 9.13. The lowest BCUT2D eigenvalue weighted by atomic mass is 10.2. The van der Waals surface area contributed by atoms with E-state index in [0.717, 1.165) is 6.07 Å². The molecule has 0 atom stereocenters. The van der Waals surface area contributed by atoms with Crippen LogP contribution >= 0.6 is 0 Å². The van der Waals surface area contributed by atoms with Gasteiger partial charge in [0.15, 0.2) is 11.6 Å². The summed E-state index contributed by atoms with van der Waals surface area (Å²) in [5.41, 5.74) is -0.122. The Kier molecular flexibility index (Phi) is 8.09. The lowest BCUT2D eigenvalue weighted by Gasteiger charge is -2.20. The van der Waals surface area contributed by atoms with Crippen LogP contribution in [0.3, 0.4) is 0 Å². The van der Waals surface area contributed by atoms with Crippen molar-refractivity contribution in [3.8, 4) is 5.75 Å². The SMILES string of the molecule is CN(C)CCNS(=O)(=O)c1ccc(N(C)CCOc2ccccc2F)c([N+](=O)[O-])c1. The third-order valence-electron chi connectivity index (χ3n) is 4.24. The molecule has 0 amide bonds. The molecule has 0 aliphatic carbocycles. The number of para-hydroxylation sites is 1. The summed E-state index contributed by atoms with van der Waals surface area (Å²) in [6, 6.07) is 9.66. The average molecular weight is 440 g/mol. The van der Waals surface area contributed by atoms with Gasteiger partial charge in [0, 0.05) is 26.2 Å². The van der Waals surface area contributed by atoms with E-state index in [0.29, 0.717) is 6.54 Å². The van der Waals surface area contributed by atoms with Crippen molar-refractivity contribution >= 4 is 21.4 Å². The third-order valence-corrected chi connectivity index (χ3v) is 5.70. The molecular formula is C19H25FN4O5S. The fraction of sp³-hybridized carbons (Fsp3) is 0.368. The van der Waals surface area contributed by atoms with Crippen molar-refractivity contribution in [3.05, 3.63) is 58.4 Å². The summed E-state index contributed by atoms with van der Waals surface area (Å²) < 4.78 is 46.2. The smallest absolute Gasteiger partial charge is 0.293 e. The summed E-state index contributed by atoms with van der Waals surface area (Å²) >= 11 is 0. The molecule has 0 unspecified atom stereocenters. The van der Waals surface area contributed by atoms with Crippen molar-refractivity contribution in [1.82, 2.24) is 9.62 Å². The van der Waals surface area contributed by atoms with Crippen molar-refractivity contribution < 1.29 is 22.5 Å². The van der Waals surface area contributed by atoms with Crippen molar-refractivity contribution in [2.75, 3.05) is 52.3 Å². The second kappa shape index (κ2) is 10.3. The number of nitro groups is 1. The van der Waals surface area contributed by atoms with Crippen LogP contribution in [0.25, 0.3) is 0 Å². The topological polar surface area (TPSA) is 105 Å². The Morgan fingerprint density at radius 1 is 1.13 bits per heavy atom. The Bertz CT molecular complexity index is 985. The molecule has 2 aromatic carbocycles. The zero-order valence-electron chi connectivity index (χ0n) is 17.0. The molecule has 0 aromatic heterocycles. The number of halogens is 1. The summed E-state index contributed by atoms with van der Waals surface area (Å²) in [5, 5.41) is 11.5. The number of sulfonamides is 1. The highest BCUT2D eigenvalue weighted by atomic mass is 32.2. The molecular weight excluding hydrogens is 415 g/mol. The lowest BCUT2D eigenvalue weighted by molar-refractivity contribution is -0.384. The maximum Gasteiger partial charge on any atom is 0.293 e. The van der Waals surface area contributed by atoms with Crippen LogP contribution in [0.4, 0.5) is 15.8 Å². The van der Waals surface area contributed by atoms with Crippen LogP contribution < -0.4 is 14.4 Å². The quantitative estimate of drug-likeness (QED) is 0.421. The molecule has 0 radical (unpaired) electrons. The number of nitrogens with one attached hydrogen (secondary N) is 1. The first kappa shape index (κ1) is 23.5. The highest BCUT2D eigenvalue weighted by Gasteiger charge is 2.23. The van der Waals surface area contributed by atoms with Crippen LogP contribution in [0.15, 0.2) is 47.4 Å². The molecule has 9 nitrogen and oxygen atoms in total. The monoisotopic (exact) mass is 440 g/mol. The van der Waals surface area contributed by atoms with E-state index in [1.54, 1.807) is 38.2 Å². The van der Waals surface area contributed by atoms with E-state index >= 15 is 0 Å². The van der Waals surface area contributed by atoms with E-state index in [1.165, 1.54) is 24.3 Å². The summed E-state index contributed by atoms with van der Waals surface area (Å²) in [4.78, 5) is 14.1. The molecule has 164 valence electrons. The van der Waals surface area contributed by atoms with Gasteiger partial charge in [0.25, 0.3) is 5.69 Å². The third kappa shape index (κ3) is 6.37.